The fourth-order valence-corrected chi connectivity index (χ4v) is 3.35. The van der Waals surface area contributed by atoms with Crippen LogP contribution in [0.1, 0.15) is 36.7 Å². The molecular formula is C16H21N3O4S. The highest BCUT2D eigenvalue weighted by atomic mass is 32.1. The molecule has 2 fully saturated rings. The maximum Gasteiger partial charge on any atom is 0.410 e. The summed E-state index contributed by atoms with van der Waals surface area (Å²) in [7, 11) is 0. The highest BCUT2D eigenvalue weighted by Gasteiger charge is 2.37. The number of hydrogen-bond donors (Lipinski definition) is 1. The summed E-state index contributed by atoms with van der Waals surface area (Å²) in [6, 6.07) is 3.42. The van der Waals surface area contributed by atoms with Crippen molar-refractivity contribution < 1.29 is 18.7 Å². The van der Waals surface area contributed by atoms with Crippen LogP contribution in [-0.4, -0.2) is 58.7 Å². The summed E-state index contributed by atoms with van der Waals surface area (Å²) in [6.45, 7) is 4.08. The van der Waals surface area contributed by atoms with E-state index in [-0.39, 0.29) is 29.9 Å². The van der Waals surface area contributed by atoms with Crippen molar-refractivity contribution in [2.45, 2.75) is 38.3 Å². The normalized spacial score (nSPS) is 21.7. The van der Waals surface area contributed by atoms with Crippen LogP contribution in [0.4, 0.5) is 4.79 Å². The summed E-state index contributed by atoms with van der Waals surface area (Å²) < 4.78 is 10.4. The van der Waals surface area contributed by atoms with E-state index < -0.39 is 0 Å². The van der Waals surface area contributed by atoms with E-state index in [2.05, 4.69) is 5.32 Å². The fraction of sp³-hybridized carbons (Fsp3) is 0.562. The zero-order valence-electron chi connectivity index (χ0n) is 13.6. The van der Waals surface area contributed by atoms with E-state index >= 15 is 0 Å². The minimum atomic E-state index is -0.346. The second-order valence-corrected chi connectivity index (χ2v) is 6.41. The van der Waals surface area contributed by atoms with Gasteiger partial charge in [0.1, 0.15) is 6.10 Å². The number of piperidine rings is 1. The van der Waals surface area contributed by atoms with Gasteiger partial charge in [-0.05, 0) is 43.6 Å². The van der Waals surface area contributed by atoms with Gasteiger partial charge in [0, 0.05) is 19.1 Å². The molecule has 1 aromatic heterocycles. The number of thiocarbonyl (C=S) groups is 1. The van der Waals surface area contributed by atoms with Crippen LogP contribution in [0.2, 0.25) is 0 Å². The Morgan fingerprint density at radius 3 is 2.75 bits per heavy atom. The third-order valence-electron chi connectivity index (χ3n) is 4.52. The van der Waals surface area contributed by atoms with Crippen LogP contribution in [0.25, 0.3) is 0 Å². The van der Waals surface area contributed by atoms with Gasteiger partial charge in [-0.2, -0.15) is 0 Å². The van der Waals surface area contributed by atoms with Gasteiger partial charge in [-0.3, -0.25) is 10.1 Å². The quantitative estimate of drug-likeness (QED) is 0.840. The van der Waals surface area contributed by atoms with Gasteiger partial charge in [0.15, 0.2) is 10.9 Å². The van der Waals surface area contributed by atoms with Crippen LogP contribution in [0.5, 0.6) is 0 Å². The molecule has 0 bridgehead atoms. The van der Waals surface area contributed by atoms with Gasteiger partial charge < -0.3 is 19.0 Å². The lowest BCUT2D eigenvalue weighted by molar-refractivity contribution is 0.0943. The molecule has 8 heteroatoms. The molecule has 0 aromatic carbocycles. The van der Waals surface area contributed by atoms with E-state index in [9.17, 15) is 9.59 Å². The van der Waals surface area contributed by atoms with Gasteiger partial charge in [0.25, 0.3) is 5.91 Å². The first-order valence-electron chi connectivity index (χ1n) is 8.19. The van der Waals surface area contributed by atoms with E-state index in [1.807, 2.05) is 16.7 Å². The lowest BCUT2D eigenvalue weighted by Gasteiger charge is -2.36. The number of hydrogen-bond acceptors (Lipinski definition) is 5. The molecule has 0 radical (unpaired) electrons. The molecule has 1 N–H and O–H groups in total. The summed E-state index contributed by atoms with van der Waals surface area (Å²) in [5.41, 5.74) is 0. The Kier molecular flexibility index (Phi) is 5.03. The van der Waals surface area contributed by atoms with E-state index in [4.69, 9.17) is 21.4 Å². The highest BCUT2D eigenvalue weighted by Crippen LogP contribution is 2.23. The van der Waals surface area contributed by atoms with E-state index in [0.29, 0.717) is 24.7 Å². The summed E-state index contributed by atoms with van der Waals surface area (Å²) in [4.78, 5) is 27.7. The van der Waals surface area contributed by atoms with Crippen LogP contribution < -0.4 is 5.32 Å². The minimum Gasteiger partial charge on any atom is -0.459 e. The Morgan fingerprint density at radius 1 is 1.42 bits per heavy atom. The molecule has 24 heavy (non-hydrogen) atoms. The number of amides is 2. The van der Waals surface area contributed by atoms with Gasteiger partial charge in [-0.25, -0.2) is 4.79 Å². The average molecular weight is 351 g/mol. The molecule has 130 valence electrons. The summed E-state index contributed by atoms with van der Waals surface area (Å²) in [6.07, 6.45) is 3.69. The zero-order valence-corrected chi connectivity index (χ0v) is 14.4. The molecule has 2 amide bonds. The fourth-order valence-electron chi connectivity index (χ4n) is 3.08. The predicted molar refractivity (Wildman–Crippen MR) is 90.6 cm³/mol. The van der Waals surface area contributed by atoms with Crippen molar-refractivity contribution in [2.75, 3.05) is 19.6 Å². The zero-order chi connectivity index (χ0) is 17.1. The number of nitrogens with zero attached hydrogens (tertiary/aromatic N) is 2. The van der Waals surface area contributed by atoms with Crippen molar-refractivity contribution in [3.8, 4) is 0 Å². The van der Waals surface area contributed by atoms with E-state index in [1.54, 1.807) is 12.1 Å². The lowest BCUT2D eigenvalue weighted by Crippen LogP contribution is -2.50. The molecule has 1 atom stereocenters. The molecule has 1 aromatic rings. The van der Waals surface area contributed by atoms with Crippen LogP contribution in [0.15, 0.2) is 22.8 Å². The number of furan rings is 1. The Morgan fingerprint density at radius 2 is 2.17 bits per heavy atom. The molecular weight excluding hydrogens is 330 g/mol. The molecule has 0 spiro atoms. The highest BCUT2D eigenvalue weighted by molar-refractivity contribution is 7.80. The Hall–Kier alpha value is -2.09. The number of carbonyl (C=O) groups is 2. The van der Waals surface area contributed by atoms with E-state index in [0.717, 1.165) is 19.3 Å². The molecule has 0 saturated carbocycles. The minimum absolute atomic E-state index is 0.00388. The standard InChI is InChI=1S/C16H21N3O4S/c1-2-12-10-19(16(21)23-12)11-5-7-18(8-6-11)15(24)17-14(20)13-4-3-9-22-13/h3-4,9,11-12H,2,5-8,10H2,1H3,(H,17,20,24). The maximum atomic E-state index is 12.0. The predicted octanol–water partition coefficient (Wildman–Crippen LogP) is 1.99. The van der Waals surface area contributed by atoms with E-state index in [1.165, 1.54) is 6.26 Å². The third kappa shape index (κ3) is 3.53. The van der Waals surface area contributed by atoms with Gasteiger partial charge >= 0.3 is 6.09 Å². The number of rotatable bonds is 3. The summed E-state index contributed by atoms with van der Waals surface area (Å²) in [5.74, 6) is -0.112. The van der Waals surface area contributed by atoms with Crippen molar-refractivity contribution in [2.24, 2.45) is 0 Å². The molecule has 2 aliphatic rings. The SMILES string of the molecule is CCC1CN(C2CCN(C(=S)NC(=O)c3ccco3)CC2)C(=O)O1. The van der Waals surface area contributed by atoms with Crippen LogP contribution in [0, 0.1) is 0 Å². The first kappa shape index (κ1) is 16.8. The maximum absolute atomic E-state index is 12.0. The monoisotopic (exact) mass is 351 g/mol. The van der Waals surface area contributed by atoms with Crippen molar-refractivity contribution in [1.29, 1.82) is 0 Å². The van der Waals surface area contributed by atoms with Crippen molar-refractivity contribution in [3.05, 3.63) is 24.2 Å². The topological polar surface area (TPSA) is 75.0 Å². The molecule has 3 rings (SSSR count). The van der Waals surface area contributed by atoms with Crippen LogP contribution >= 0.6 is 12.2 Å². The number of carbonyl (C=O) groups excluding carboxylic acids is 2. The molecule has 2 saturated heterocycles. The van der Waals surface area contributed by atoms with Gasteiger partial charge in [-0.15, -0.1) is 0 Å². The molecule has 0 aliphatic carbocycles. The van der Waals surface area contributed by atoms with Crippen LogP contribution in [0.3, 0.4) is 0 Å². The molecule has 7 nitrogen and oxygen atoms in total. The molecule has 3 heterocycles. The Balaban J connectivity index is 1.49. The van der Waals surface area contributed by atoms with Gasteiger partial charge in [-0.1, -0.05) is 6.92 Å². The lowest BCUT2D eigenvalue weighted by atomic mass is 10.0. The van der Waals surface area contributed by atoms with Crippen molar-refractivity contribution in [1.82, 2.24) is 15.1 Å². The number of cyclic esters (lactones) is 1. The summed E-state index contributed by atoms with van der Waals surface area (Å²) >= 11 is 5.31. The second-order valence-electron chi connectivity index (χ2n) is 6.02. The van der Waals surface area contributed by atoms with Crippen molar-refractivity contribution in [3.63, 3.8) is 0 Å². The van der Waals surface area contributed by atoms with Gasteiger partial charge in [0.2, 0.25) is 0 Å². The largest absolute Gasteiger partial charge is 0.459 e. The Bertz CT molecular complexity index is 611. The van der Waals surface area contributed by atoms with Crippen molar-refractivity contribution >= 4 is 29.3 Å². The number of ether oxygens (including phenoxy) is 1. The van der Waals surface area contributed by atoms with Crippen LogP contribution in [-0.2, 0) is 4.74 Å². The van der Waals surface area contributed by atoms with Gasteiger partial charge in [0.05, 0.1) is 12.8 Å². The smallest absolute Gasteiger partial charge is 0.410 e. The number of likely N-dealkylation sites (tertiary alicyclic amines) is 1. The number of nitrogens with one attached hydrogen (secondary N) is 1. The average Bonchev–Trinajstić information content (AvgIpc) is 3.24. The molecule has 1 unspecified atom stereocenters. The summed E-state index contributed by atoms with van der Waals surface area (Å²) in [5, 5.41) is 3.07. The third-order valence-corrected chi connectivity index (χ3v) is 4.88. The molecule has 2 aliphatic heterocycles. The first-order chi connectivity index (χ1) is 11.6. The second kappa shape index (κ2) is 7.21. The Labute approximate surface area is 145 Å². The first-order valence-corrected chi connectivity index (χ1v) is 8.60.